The third-order valence-electron chi connectivity index (χ3n) is 6.76. The van der Waals surface area contributed by atoms with Gasteiger partial charge in [0.25, 0.3) is 0 Å². The van der Waals surface area contributed by atoms with Gasteiger partial charge in [0.2, 0.25) is 17.6 Å². The van der Waals surface area contributed by atoms with Crippen LogP contribution >= 0.6 is 0 Å². The number of ether oxygens (including phenoxy) is 1. The highest BCUT2D eigenvalue weighted by atomic mass is 16.5. The van der Waals surface area contributed by atoms with Crippen LogP contribution in [0.1, 0.15) is 36.5 Å². The first-order valence-corrected chi connectivity index (χ1v) is 10.3. The minimum absolute atomic E-state index is 0.0477. The summed E-state index contributed by atoms with van der Waals surface area (Å²) < 4.78 is 5.78. The first-order valence-electron chi connectivity index (χ1n) is 10.3. The van der Waals surface area contributed by atoms with Crippen molar-refractivity contribution in [1.29, 1.82) is 0 Å². The van der Waals surface area contributed by atoms with Crippen molar-refractivity contribution >= 4 is 23.3 Å². The number of hydrogen-bond donors (Lipinski definition) is 0. The molecule has 1 heterocycles. The summed E-state index contributed by atoms with van der Waals surface area (Å²) in [6.07, 6.45) is 2.53. The summed E-state index contributed by atoms with van der Waals surface area (Å²) in [4.78, 5) is 39.7. The summed E-state index contributed by atoms with van der Waals surface area (Å²) in [5.41, 5.74) is 1.19. The van der Waals surface area contributed by atoms with E-state index in [2.05, 4.69) is 0 Å². The second-order valence-electron chi connectivity index (χ2n) is 8.38. The molecule has 3 aliphatic rings. The first-order chi connectivity index (χ1) is 14.0. The first kappa shape index (κ1) is 18.1. The number of benzene rings is 2. The molecule has 29 heavy (non-hydrogen) atoms. The van der Waals surface area contributed by atoms with Gasteiger partial charge in [0, 0.05) is 5.56 Å². The molecule has 148 valence electrons. The van der Waals surface area contributed by atoms with Gasteiger partial charge < -0.3 is 4.74 Å². The van der Waals surface area contributed by atoms with Crippen LogP contribution in [0.5, 0.6) is 5.75 Å². The Hall–Kier alpha value is -2.95. The Bertz CT molecular complexity index is 940. The standard InChI is InChI=1S/C24H23NO4/c1-14(22(26)15-5-3-2-4-6-15)29-19-11-9-18(10-12-19)25-23(27)20-16-7-8-17(13-16)21(20)24(25)28/h2-6,9-12,14,16-17,20-21H,7-8,13H2,1H3/t14-,16+,17+,20-,21+/m1/s1. The monoisotopic (exact) mass is 389 g/mol. The average molecular weight is 389 g/mol. The minimum Gasteiger partial charge on any atom is -0.483 e. The third kappa shape index (κ3) is 2.87. The number of anilines is 1. The number of amides is 2. The van der Waals surface area contributed by atoms with E-state index in [1.807, 2.05) is 18.2 Å². The lowest BCUT2D eigenvalue weighted by atomic mass is 9.81. The van der Waals surface area contributed by atoms with Crippen LogP contribution in [-0.2, 0) is 9.59 Å². The van der Waals surface area contributed by atoms with Crippen molar-refractivity contribution in [3.8, 4) is 5.75 Å². The molecular weight excluding hydrogens is 366 g/mol. The normalized spacial score (nSPS) is 28.5. The molecule has 2 amide bonds. The summed E-state index contributed by atoms with van der Waals surface area (Å²) in [6, 6.07) is 15.9. The lowest BCUT2D eigenvalue weighted by Crippen LogP contribution is -2.32. The quantitative estimate of drug-likeness (QED) is 0.575. The van der Waals surface area contributed by atoms with Crippen LogP contribution in [0.3, 0.4) is 0 Å². The van der Waals surface area contributed by atoms with Crippen LogP contribution in [0.15, 0.2) is 54.6 Å². The van der Waals surface area contributed by atoms with Crippen LogP contribution in [-0.4, -0.2) is 23.7 Å². The Kier molecular flexibility index (Phi) is 4.26. The lowest BCUT2D eigenvalue weighted by Gasteiger charge is -2.19. The summed E-state index contributed by atoms with van der Waals surface area (Å²) in [5, 5.41) is 0. The van der Waals surface area contributed by atoms with E-state index in [1.54, 1.807) is 43.3 Å². The minimum atomic E-state index is -0.631. The van der Waals surface area contributed by atoms with Crippen molar-refractivity contribution in [2.75, 3.05) is 4.90 Å². The molecule has 0 radical (unpaired) electrons. The number of carbonyl (C=O) groups excluding carboxylic acids is 3. The number of rotatable bonds is 5. The molecule has 0 N–H and O–H groups in total. The molecule has 0 unspecified atom stereocenters. The lowest BCUT2D eigenvalue weighted by molar-refractivity contribution is -0.123. The molecule has 0 spiro atoms. The summed E-state index contributed by atoms with van der Waals surface area (Å²) >= 11 is 0. The summed E-state index contributed by atoms with van der Waals surface area (Å²) in [7, 11) is 0. The third-order valence-corrected chi connectivity index (χ3v) is 6.76. The van der Waals surface area contributed by atoms with Gasteiger partial charge in [0.1, 0.15) is 5.75 Å². The number of fused-ring (bicyclic) bond motifs is 5. The average Bonchev–Trinajstić information content (AvgIpc) is 3.43. The molecule has 2 aromatic carbocycles. The molecule has 5 rings (SSSR count). The van der Waals surface area contributed by atoms with Crippen LogP contribution in [0.4, 0.5) is 5.69 Å². The van der Waals surface area contributed by atoms with E-state index >= 15 is 0 Å². The fraction of sp³-hybridized carbons (Fsp3) is 0.375. The Morgan fingerprint density at radius 3 is 2.10 bits per heavy atom. The van der Waals surface area contributed by atoms with E-state index in [9.17, 15) is 14.4 Å². The highest BCUT2D eigenvalue weighted by Gasteiger charge is 2.61. The smallest absolute Gasteiger partial charge is 0.237 e. The summed E-state index contributed by atoms with van der Waals surface area (Å²) in [6.45, 7) is 1.72. The number of hydrogen-bond acceptors (Lipinski definition) is 4. The molecule has 2 saturated carbocycles. The Morgan fingerprint density at radius 2 is 1.52 bits per heavy atom. The molecule has 5 heteroatoms. The molecule has 1 saturated heterocycles. The fourth-order valence-corrected chi connectivity index (χ4v) is 5.43. The molecule has 5 atom stereocenters. The van der Waals surface area contributed by atoms with E-state index < -0.39 is 6.10 Å². The van der Waals surface area contributed by atoms with Crippen molar-refractivity contribution in [3.63, 3.8) is 0 Å². The highest BCUT2D eigenvalue weighted by molar-refractivity contribution is 6.22. The van der Waals surface area contributed by atoms with Crippen LogP contribution in [0.25, 0.3) is 0 Å². The van der Waals surface area contributed by atoms with Crippen LogP contribution < -0.4 is 9.64 Å². The number of carbonyl (C=O) groups is 3. The zero-order valence-electron chi connectivity index (χ0n) is 16.3. The van der Waals surface area contributed by atoms with Gasteiger partial charge in [0.05, 0.1) is 17.5 Å². The Morgan fingerprint density at radius 1 is 0.931 bits per heavy atom. The van der Waals surface area contributed by atoms with Gasteiger partial charge >= 0.3 is 0 Å². The molecule has 2 aliphatic carbocycles. The Labute approximate surface area is 169 Å². The largest absolute Gasteiger partial charge is 0.483 e. The van der Waals surface area contributed by atoms with Crippen molar-refractivity contribution in [2.45, 2.75) is 32.3 Å². The topological polar surface area (TPSA) is 63.7 Å². The van der Waals surface area contributed by atoms with E-state index in [0.717, 1.165) is 19.3 Å². The summed E-state index contributed by atoms with van der Waals surface area (Å²) in [5.74, 6) is 0.842. The van der Waals surface area contributed by atoms with E-state index in [4.69, 9.17) is 4.74 Å². The van der Waals surface area contributed by atoms with Crippen molar-refractivity contribution in [1.82, 2.24) is 0 Å². The highest BCUT2D eigenvalue weighted by Crippen LogP contribution is 2.56. The molecule has 5 nitrogen and oxygen atoms in total. The van der Waals surface area contributed by atoms with E-state index in [0.29, 0.717) is 28.8 Å². The molecule has 2 bridgehead atoms. The molecule has 0 aromatic heterocycles. The molecular formula is C24H23NO4. The van der Waals surface area contributed by atoms with Gasteiger partial charge in [-0.3, -0.25) is 19.3 Å². The second-order valence-corrected chi connectivity index (χ2v) is 8.38. The number of nitrogens with zero attached hydrogens (tertiary/aromatic N) is 1. The van der Waals surface area contributed by atoms with Crippen LogP contribution in [0, 0.1) is 23.7 Å². The van der Waals surface area contributed by atoms with E-state index in [-0.39, 0.29) is 29.4 Å². The van der Waals surface area contributed by atoms with E-state index in [1.165, 1.54) is 4.90 Å². The zero-order chi connectivity index (χ0) is 20.1. The van der Waals surface area contributed by atoms with Crippen molar-refractivity contribution in [3.05, 3.63) is 60.2 Å². The van der Waals surface area contributed by atoms with Crippen molar-refractivity contribution in [2.24, 2.45) is 23.7 Å². The number of imide groups is 1. The SMILES string of the molecule is C[C@@H](Oc1ccc(N2C(=O)[C@@H]3[C@H]4CC[C@@H](C4)[C@@H]3C2=O)cc1)C(=O)c1ccccc1. The van der Waals surface area contributed by atoms with Gasteiger partial charge in [-0.2, -0.15) is 0 Å². The fourth-order valence-electron chi connectivity index (χ4n) is 5.43. The van der Waals surface area contributed by atoms with Crippen molar-refractivity contribution < 1.29 is 19.1 Å². The second kappa shape index (κ2) is 6.83. The maximum absolute atomic E-state index is 12.9. The zero-order valence-corrected chi connectivity index (χ0v) is 16.3. The van der Waals surface area contributed by atoms with Gasteiger partial charge in [-0.1, -0.05) is 30.3 Å². The molecule has 3 fully saturated rings. The molecule has 1 aliphatic heterocycles. The maximum Gasteiger partial charge on any atom is 0.237 e. The van der Waals surface area contributed by atoms with Gasteiger partial charge in [-0.15, -0.1) is 0 Å². The van der Waals surface area contributed by atoms with Crippen LogP contribution in [0.2, 0.25) is 0 Å². The Balaban J connectivity index is 1.30. The maximum atomic E-state index is 12.9. The van der Waals surface area contributed by atoms with Gasteiger partial charge in [0.15, 0.2) is 6.10 Å². The van der Waals surface area contributed by atoms with Gasteiger partial charge in [-0.25, -0.2) is 0 Å². The number of ketones is 1. The predicted octanol–water partition coefficient (Wildman–Crippen LogP) is 3.87. The molecule has 2 aromatic rings. The predicted molar refractivity (Wildman–Crippen MR) is 108 cm³/mol. The number of Topliss-reactive ketones (excluding diaryl/α,β-unsaturated/α-hetero) is 1. The van der Waals surface area contributed by atoms with Gasteiger partial charge in [-0.05, 0) is 62.3 Å².